The zero-order valence-corrected chi connectivity index (χ0v) is 7.49. The lowest BCUT2D eigenvalue weighted by Gasteiger charge is -2.02. The number of nitrogens with one attached hydrogen (secondary N) is 2. The molecule has 0 fully saturated rings. The van der Waals surface area contributed by atoms with E-state index < -0.39 is 5.97 Å². The van der Waals surface area contributed by atoms with Gasteiger partial charge >= 0.3 is 5.97 Å². The lowest BCUT2D eigenvalue weighted by Crippen LogP contribution is -2.10. The summed E-state index contributed by atoms with van der Waals surface area (Å²) in [4.78, 5) is 27.2. The third-order valence-corrected chi connectivity index (χ3v) is 1.55. The molecule has 1 aromatic heterocycles. The van der Waals surface area contributed by atoms with Crippen molar-refractivity contribution in [2.45, 2.75) is 12.8 Å². The predicted molar refractivity (Wildman–Crippen MR) is 50.2 cm³/mol. The molecule has 0 amide bonds. The highest BCUT2D eigenvalue weighted by atomic mass is 16.4. The van der Waals surface area contributed by atoms with Crippen molar-refractivity contribution in [2.75, 3.05) is 11.9 Å². The molecule has 0 spiro atoms. The molecule has 0 aliphatic carbocycles. The van der Waals surface area contributed by atoms with Gasteiger partial charge in [-0.3, -0.25) is 9.59 Å². The molecule has 0 aliphatic heterocycles. The maximum absolute atomic E-state index is 10.8. The maximum atomic E-state index is 10.8. The summed E-state index contributed by atoms with van der Waals surface area (Å²) in [6.07, 6.45) is 1.90. The Kier molecular flexibility index (Phi) is 3.66. The van der Waals surface area contributed by atoms with Gasteiger partial charge in [0.05, 0.1) is 6.33 Å². The van der Waals surface area contributed by atoms with Crippen LogP contribution in [0.1, 0.15) is 12.8 Å². The van der Waals surface area contributed by atoms with Gasteiger partial charge in [-0.25, -0.2) is 4.98 Å². The summed E-state index contributed by atoms with van der Waals surface area (Å²) in [7, 11) is 0. The Balaban J connectivity index is 2.31. The Morgan fingerprint density at radius 1 is 1.64 bits per heavy atom. The van der Waals surface area contributed by atoms with Crippen LogP contribution in [0, 0.1) is 0 Å². The first-order valence-corrected chi connectivity index (χ1v) is 4.19. The molecule has 3 N–H and O–H groups in total. The number of rotatable bonds is 5. The SMILES string of the molecule is O=C(O)CCCNc1cc(=O)[nH]cn1. The van der Waals surface area contributed by atoms with Gasteiger partial charge in [0.25, 0.3) is 5.56 Å². The van der Waals surface area contributed by atoms with E-state index in [1.54, 1.807) is 0 Å². The second kappa shape index (κ2) is 5.00. The minimum atomic E-state index is -0.828. The Morgan fingerprint density at radius 3 is 3.07 bits per heavy atom. The van der Waals surface area contributed by atoms with E-state index in [4.69, 9.17) is 5.11 Å². The normalized spacial score (nSPS) is 9.71. The summed E-state index contributed by atoms with van der Waals surface area (Å²) in [5, 5.41) is 11.2. The van der Waals surface area contributed by atoms with Gasteiger partial charge in [0.1, 0.15) is 5.82 Å². The van der Waals surface area contributed by atoms with Crippen LogP contribution in [0.4, 0.5) is 5.82 Å². The first kappa shape index (κ1) is 10.2. The van der Waals surface area contributed by atoms with Gasteiger partial charge in [0, 0.05) is 19.0 Å². The molecule has 0 unspecified atom stereocenters. The fraction of sp³-hybridized carbons (Fsp3) is 0.375. The summed E-state index contributed by atoms with van der Waals surface area (Å²) >= 11 is 0. The van der Waals surface area contributed by atoms with E-state index in [1.807, 2.05) is 0 Å². The van der Waals surface area contributed by atoms with Crippen LogP contribution in [-0.4, -0.2) is 27.6 Å². The molecule has 1 aromatic rings. The van der Waals surface area contributed by atoms with Gasteiger partial charge in [-0.1, -0.05) is 0 Å². The average Bonchev–Trinajstić information content (AvgIpc) is 2.12. The van der Waals surface area contributed by atoms with Crippen LogP contribution in [0.15, 0.2) is 17.2 Å². The number of hydrogen-bond donors (Lipinski definition) is 3. The summed E-state index contributed by atoms with van der Waals surface area (Å²) in [5.74, 6) is -0.371. The zero-order valence-electron chi connectivity index (χ0n) is 7.49. The average molecular weight is 197 g/mol. The maximum Gasteiger partial charge on any atom is 0.303 e. The lowest BCUT2D eigenvalue weighted by molar-refractivity contribution is -0.137. The quantitative estimate of drug-likeness (QED) is 0.579. The highest BCUT2D eigenvalue weighted by Crippen LogP contribution is 1.96. The summed E-state index contributed by atoms with van der Waals surface area (Å²) in [6, 6.07) is 1.32. The first-order valence-electron chi connectivity index (χ1n) is 4.19. The van der Waals surface area contributed by atoms with E-state index in [2.05, 4.69) is 15.3 Å². The molecule has 76 valence electrons. The fourth-order valence-corrected chi connectivity index (χ4v) is 0.921. The number of nitrogens with zero attached hydrogens (tertiary/aromatic N) is 1. The minimum absolute atomic E-state index is 0.107. The molecular formula is C8H11N3O3. The molecule has 0 saturated carbocycles. The lowest BCUT2D eigenvalue weighted by atomic mass is 10.3. The number of carboxylic acids is 1. The number of H-pyrrole nitrogens is 1. The second-order valence-corrected chi connectivity index (χ2v) is 2.72. The number of aliphatic carboxylic acids is 1. The molecule has 0 atom stereocenters. The largest absolute Gasteiger partial charge is 0.481 e. The van der Waals surface area contributed by atoms with Crippen LogP contribution in [0.5, 0.6) is 0 Å². The number of anilines is 1. The summed E-state index contributed by atoms with van der Waals surface area (Å²) < 4.78 is 0. The molecule has 6 nitrogen and oxygen atoms in total. The Hall–Kier alpha value is -1.85. The molecule has 0 bridgehead atoms. The van der Waals surface area contributed by atoms with E-state index in [0.29, 0.717) is 18.8 Å². The third kappa shape index (κ3) is 3.70. The van der Waals surface area contributed by atoms with Gasteiger partial charge in [0.2, 0.25) is 0 Å². The number of aromatic amines is 1. The van der Waals surface area contributed by atoms with Crippen molar-refractivity contribution in [3.8, 4) is 0 Å². The van der Waals surface area contributed by atoms with Crippen LogP contribution < -0.4 is 10.9 Å². The van der Waals surface area contributed by atoms with Gasteiger partial charge in [-0.2, -0.15) is 0 Å². The van der Waals surface area contributed by atoms with E-state index in [-0.39, 0.29) is 12.0 Å². The van der Waals surface area contributed by atoms with Crippen LogP contribution >= 0.6 is 0 Å². The number of carboxylic acid groups (broad SMARTS) is 1. The Morgan fingerprint density at radius 2 is 2.43 bits per heavy atom. The number of aromatic nitrogens is 2. The van der Waals surface area contributed by atoms with Crippen LogP contribution in [0.2, 0.25) is 0 Å². The molecule has 0 radical (unpaired) electrons. The molecule has 0 aliphatic rings. The van der Waals surface area contributed by atoms with E-state index in [0.717, 1.165) is 0 Å². The highest BCUT2D eigenvalue weighted by Gasteiger charge is 1.97. The number of carbonyl (C=O) groups is 1. The second-order valence-electron chi connectivity index (χ2n) is 2.72. The highest BCUT2D eigenvalue weighted by molar-refractivity contribution is 5.66. The number of hydrogen-bond acceptors (Lipinski definition) is 4. The van der Waals surface area contributed by atoms with E-state index in [9.17, 15) is 9.59 Å². The molecule has 6 heteroatoms. The minimum Gasteiger partial charge on any atom is -0.481 e. The van der Waals surface area contributed by atoms with Gasteiger partial charge in [-0.05, 0) is 6.42 Å². The van der Waals surface area contributed by atoms with Crippen molar-refractivity contribution < 1.29 is 9.90 Å². The molecule has 14 heavy (non-hydrogen) atoms. The van der Waals surface area contributed by atoms with E-state index in [1.165, 1.54) is 12.4 Å². The van der Waals surface area contributed by atoms with Gasteiger partial charge in [-0.15, -0.1) is 0 Å². The van der Waals surface area contributed by atoms with Crippen LogP contribution in [-0.2, 0) is 4.79 Å². The summed E-state index contributed by atoms with van der Waals surface area (Å²) in [6.45, 7) is 0.489. The predicted octanol–water partition coefficient (Wildman–Crippen LogP) is 0.0466. The monoisotopic (exact) mass is 197 g/mol. The standard InChI is InChI=1S/C8H11N3O3/c12-7-4-6(10-5-11-7)9-3-1-2-8(13)14/h4-5H,1-3H2,(H,13,14)(H2,9,10,11,12). The van der Waals surface area contributed by atoms with Gasteiger partial charge < -0.3 is 15.4 Å². The van der Waals surface area contributed by atoms with Crippen molar-refractivity contribution in [2.24, 2.45) is 0 Å². The van der Waals surface area contributed by atoms with Gasteiger partial charge in [0.15, 0.2) is 0 Å². The molecule has 1 rings (SSSR count). The van der Waals surface area contributed by atoms with Crippen molar-refractivity contribution in [3.05, 3.63) is 22.7 Å². The smallest absolute Gasteiger partial charge is 0.303 e. The first-order chi connectivity index (χ1) is 6.68. The molecule has 0 saturated heterocycles. The van der Waals surface area contributed by atoms with E-state index >= 15 is 0 Å². The Bertz CT molecular complexity index is 361. The molecular weight excluding hydrogens is 186 g/mol. The zero-order chi connectivity index (χ0) is 10.4. The Labute approximate surface area is 80.0 Å². The van der Waals surface area contributed by atoms with Crippen LogP contribution in [0.25, 0.3) is 0 Å². The fourth-order valence-electron chi connectivity index (χ4n) is 0.921. The van der Waals surface area contributed by atoms with Crippen molar-refractivity contribution in [1.82, 2.24) is 9.97 Å². The van der Waals surface area contributed by atoms with Crippen molar-refractivity contribution >= 4 is 11.8 Å². The topological polar surface area (TPSA) is 95.1 Å². The van der Waals surface area contributed by atoms with Crippen LogP contribution in [0.3, 0.4) is 0 Å². The molecule has 1 heterocycles. The third-order valence-electron chi connectivity index (χ3n) is 1.55. The molecule has 0 aromatic carbocycles. The van der Waals surface area contributed by atoms with Crippen molar-refractivity contribution in [3.63, 3.8) is 0 Å². The summed E-state index contributed by atoms with van der Waals surface area (Å²) in [5.41, 5.74) is -0.235. The van der Waals surface area contributed by atoms with Crippen molar-refractivity contribution in [1.29, 1.82) is 0 Å².